The van der Waals surface area contributed by atoms with Crippen LogP contribution >= 0.6 is 11.6 Å². The number of rotatable bonds is 1. The molecule has 0 atom stereocenters. The van der Waals surface area contributed by atoms with E-state index in [1.807, 2.05) is 26.8 Å². The Morgan fingerprint density at radius 3 is 1.88 bits per heavy atom. The zero-order valence-corrected chi connectivity index (χ0v) is 6.29. The Balaban J connectivity index is 4.04. The number of halogens is 1. The molecule has 0 saturated carbocycles. The van der Waals surface area contributed by atoms with Crippen LogP contribution in [0.3, 0.4) is 0 Å². The number of hydrogen-bond acceptors (Lipinski definition) is 0. The Hall–Kier alpha value is -0.230. The van der Waals surface area contributed by atoms with Gasteiger partial charge in [0, 0.05) is 5.54 Å². The minimum absolute atomic E-state index is 1.13. The van der Waals surface area contributed by atoms with E-state index >= 15 is 0 Å². The standard InChI is InChI=1S/C7H11Cl/c1-4-6(2)7(3)5-8/h4-5H,1-3H3/b6-4+,7-5+. The second-order valence-corrected chi connectivity index (χ2v) is 1.98. The van der Waals surface area contributed by atoms with Crippen LogP contribution in [0.4, 0.5) is 0 Å². The fourth-order valence-corrected chi connectivity index (χ4v) is 0.486. The van der Waals surface area contributed by atoms with E-state index in [4.69, 9.17) is 11.6 Å². The Labute approximate surface area is 55.9 Å². The molecule has 0 unspecified atom stereocenters. The van der Waals surface area contributed by atoms with Gasteiger partial charge < -0.3 is 0 Å². The molecular weight excluding hydrogens is 120 g/mol. The van der Waals surface area contributed by atoms with E-state index in [-0.39, 0.29) is 0 Å². The fourth-order valence-electron chi connectivity index (χ4n) is 0.314. The van der Waals surface area contributed by atoms with Gasteiger partial charge in [0.1, 0.15) is 0 Å². The summed E-state index contributed by atoms with van der Waals surface area (Å²) in [5.41, 5.74) is 3.96. The predicted molar refractivity (Wildman–Crippen MR) is 39.0 cm³/mol. The topological polar surface area (TPSA) is 0 Å². The van der Waals surface area contributed by atoms with Crippen LogP contribution in [0.1, 0.15) is 20.8 Å². The summed E-state index contributed by atoms with van der Waals surface area (Å²) >= 11 is 5.42. The Kier molecular flexibility index (Phi) is 3.63. The van der Waals surface area contributed by atoms with Crippen molar-refractivity contribution in [1.82, 2.24) is 0 Å². The highest BCUT2D eigenvalue weighted by atomic mass is 35.5. The lowest BCUT2D eigenvalue weighted by Crippen LogP contribution is -1.73. The lowest BCUT2D eigenvalue weighted by Gasteiger charge is -1.94. The van der Waals surface area contributed by atoms with E-state index in [0.717, 1.165) is 5.57 Å². The van der Waals surface area contributed by atoms with Crippen LogP contribution in [0.5, 0.6) is 0 Å². The van der Waals surface area contributed by atoms with Crippen LogP contribution in [0, 0.1) is 0 Å². The zero-order chi connectivity index (χ0) is 6.57. The van der Waals surface area contributed by atoms with Crippen molar-refractivity contribution >= 4 is 11.6 Å². The molecule has 0 bridgehead atoms. The Morgan fingerprint density at radius 1 is 1.25 bits per heavy atom. The lowest BCUT2D eigenvalue weighted by molar-refractivity contribution is 1.34. The third kappa shape index (κ3) is 2.17. The van der Waals surface area contributed by atoms with Crippen molar-refractivity contribution in [2.75, 3.05) is 0 Å². The minimum Gasteiger partial charge on any atom is -0.0927 e. The monoisotopic (exact) mass is 130 g/mol. The van der Waals surface area contributed by atoms with Crippen molar-refractivity contribution in [2.45, 2.75) is 20.8 Å². The van der Waals surface area contributed by atoms with Gasteiger partial charge in [-0.3, -0.25) is 0 Å². The van der Waals surface area contributed by atoms with Gasteiger partial charge in [-0.25, -0.2) is 0 Å². The molecule has 0 aliphatic carbocycles. The molecule has 0 nitrogen and oxygen atoms in total. The summed E-state index contributed by atoms with van der Waals surface area (Å²) in [6, 6.07) is 0. The molecule has 0 aromatic carbocycles. The van der Waals surface area contributed by atoms with Gasteiger partial charge in [0.15, 0.2) is 0 Å². The zero-order valence-electron chi connectivity index (χ0n) is 5.53. The van der Waals surface area contributed by atoms with Gasteiger partial charge in [0.2, 0.25) is 0 Å². The molecular formula is C7H11Cl. The first-order valence-electron chi connectivity index (χ1n) is 2.62. The molecule has 1 heteroatoms. The highest BCUT2D eigenvalue weighted by Crippen LogP contribution is 2.07. The SMILES string of the molecule is C/C=C(C)/C(C)=C/Cl. The van der Waals surface area contributed by atoms with Gasteiger partial charge in [-0.2, -0.15) is 0 Å². The minimum atomic E-state index is 1.13. The smallest absolute Gasteiger partial charge is 0.00742 e. The van der Waals surface area contributed by atoms with E-state index in [1.54, 1.807) is 5.54 Å². The molecule has 0 aromatic heterocycles. The molecule has 8 heavy (non-hydrogen) atoms. The summed E-state index contributed by atoms with van der Waals surface area (Å²) in [5.74, 6) is 0. The molecule has 0 rings (SSSR count). The molecule has 0 aromatic rings. The first-order chi connectivity index (χ1) is 3.72. The summed E-state index contributed by atoms with van der Waals surface area (Å²) < 4.78 is 0. The summed E-state index contributed by atoms with van der Waals surface area (Å²) in [4.78, 5) is 0. The van der Waals surface area contributed by atoms with Crippen LogP contribution in [0.2, 0.25) is 0 Å². The quantitative estimate of drug-likeness (QED) is 0.479. The second-order valence-electron chi connectivity index (χ2n) is 1.76. The van der Waals surface area contributed by atoms with Crippen molar-refractivity contribution in [3.05, 3.63) is 22.8 Å². The van der Waals surface area contributed by atoms with E-state index < -0.39 is 0 Å². The fraction of sp³-hybridized carbons (Fsp3) is 0.429. The van der Waals surface area contributed by atoms with E-state index in [0.29, 0.717) is 0 Å². The van der Waals surface area contributed by atoms with E-state index in [9.17, 15) is 0 Å². The average molecular weight is 131 g/mol. The van der Waals surface area contributed by atoms with Crippen molar-refractivity contribution < 1.29 is 0 Å². The van der Waals surface area contributed by atoms with Gasteiger partial charge >= 0.3 is 0 Å². The van der Waals surface area contributed by atoms with Gasteiger partial charge in [0.25, 0.3) is 0 Å². The highest BCUT2D eigenvalue weighted by Gasteiger charge is 1.85. The van der Waals surface area contributed by atoms with Crippen molar-refractivity contribution in [3.8, 4) is 0 Å². The molecule has 0 saturated heterocycles. The third-order valence-corrected chi connectivity index (χ3v) is 1.55. The maximum absolute atomic E-state index is 5.42. The normalized spacial score (nSPS) is 14.5. The van der Waals surface area contributed by atoms with Crippen LogP contribution in [0.25, 0.3) is 0 Å². The van der Waals surface area contributed by atoms with Crippen LogP contribution < -0.4 is 0 Å². The van der Waals surface area contributed by atoms with Gasteiger partial charge in [-0.1, -0.05) is 23.3 Å². The largest absolute Gasteiger partial charge is 0.0927 e. The molecule has 0 heterocycles. The molecule has 0 fully saturated rings. The lowest BCUT2D eigenvalue weighted by atomic mass is 10.1. The third-order valence-electron chi connectivity index (χ3n) is 1.22. The summed E-state index contributed by atoms with van der Waals surface area (Å²) in [6.45, 7) is 6.02. The summed E-state index contributed by atoms with van der Waals surface area (Å²) in [7, 11) is 0. The van der Waals surface area contributed by atoms with Crippen molar-refractivity contribution in [1.29, 1.82) is 0 Å². The average Bonchev–Trinajstić information content (AvgIpc) is 1.84. The summed E-state index contributed by atoms with van der Waals surface area (Å²) in [6.07, 6.45) is 2.04. The highest BCUT2D eigenvalue weighted by molar-refractivity contribution is 6.25. The van der Waals surface area contributed by atoms with Crippen LogP contribution in [-0.2, 0) is 0 Å². The predicted octanol–water partition coefficient (Wildman–Crippen LogP) is 3.10. The maximum atomic E-state index is 5.42. The van der Waals surface area contributed by atoms with Crippen LogP contribution in [-0.4, -0.2) is 0 Å². The van der Waals surface area contributed by atoms with Gasteiger partial charge in [-0.15, -0.1) is 0 Å². The Morgan fingerprint density at radius 2 is 1.75 bits per heavy atom. The molecule has 0 N–H and O–H groups in total. The number of allylic oxidation sites excluding steroid dienone is 3. The van der Waals surface area contributed by atoms with Crippen molar-refractivity contribution in [3.63, 3.8) is 0 Å². The first-order valence-corrected chi connectivity index (χ1v) is 3.06. The molecule has 0 aliphatic rings. The van der Waals surface area contributed by atoms with E-state index in [2.05, 4.69) is 0 Å². The molecule has 0 amide bonds. The Bertz CT molecular complexity index is 104. The van der Waals surface area contributed by atoms with Crippen molar-refractivity contribution in [2.24, 2.45) is 0 Å². The summed E-state index contributed by atoms with van der Waals surface area (Å²) in [5, 5.41) is 0. The van der Waals surface area contributed by atoms with Gasteiger partial charge in [0.05, 0.1) is 0 Å². The molecule has 0 radical (unpaired) electrons. The first kappa shape index (κ1) is 7.77. The maximum Gasteiger partial charge on any atom is 0.00742 e. The van der Waals surface area contributed by atoms with Gasteiger partial charge in [-0.05, 0) is 26.3 Å². The number of hydrogen-bond donors (Lipinski definition) is 0. The van der Waals surface area contributed by atoms with E-state index in [1.165, 1.54) is 5.57 Å². The second kappa shape index (κ2) is 3.73. The molecule has 0 aliphatic heterocycles. The molecule has 46 valence electrons. The molecule has 0 spiro atoms. The van der Waals surface area contributed by atoms with Crippen LogP contribution in [0.15, 0.2) is 22.8 Å².